The Bertz CT molecular complexity index is 1080. The minimum atomic E-state index is -0.615. The number of nitro groups is 1. The summed E-state index contributed by atoms with van der Waals surface area (Å²) < 4.78 is 0. The van der Waals surface area contributed by atoms with E-state index in [1.807, 2.05) is 35.2 Å². The van der Waals surface area contributed by atoms with Crippen LogP contribution in [0.1, 0.15) is 12.8 Å². The summed E-state index contributed by atoms with van der Waals surface area (Å²) in [5.41, 5.74) is 1.95. The molecule has 138 valence electrons. The molecule has 1 saturated heterocycles. The van der Waals surface area contributed by atoms with Gasteiger partial charge in [0, 0.05) is 40.0 Å². The zero-order valence-corrected chi connectivity index (χ0v) is 14.6. The number of pyridine rings is 1. The van der Waals surface area contributed by atoms with Gasteiger partial charge in [0.15, 0.2) is 5.75 Å². The summed E-state index contributed by atoms with van der Waals surface area (Å²) in [4.78, 5) is 28.7. The van der Waals surface area contributed by atoms with Crippen molar-refractivity contribution in [3.8, 4) is 17.0 Å². The van der Waals surface area contributed by atoms with E-state index in [-0.39, 0.29) is 10.7 Å². The lowest BCUT2D eigenvalue weighted by Crippen LogP contribution is -2.42. The third-order valence-corrected chi connectivity index (χ3v) is 5.09. The molecule has 1 aliphatic heterocycles. The van der Waals surface area contributed by atoms with Crippen molar-refractivity contribution in [3.63, 3.8) is 0 Å². The van der Waals surface area contributed by atoms with E-state index in [9.17, 15) is 20.0 Å². The number of H-pyrrole nitrogens is 1. The van der Waals surface area contributed by atoms with Crippen LogP contribution in [0, 0.1) is 10.1 Å². The summed E-state index contributed by atoms with van der Waals surface area (Å²) in [6.45, 7) is 1.00. The summed E-state index contributed by atoms with van der Waals surface area (Å²) in [7, 11) is 0. The summed E-state index contributed by atoms with van der Waals surface area (Å²) in [5, 5.41) is 22.2. The number of aromatic nitrogens is 1. The van der Waals surface area contributed by atoms with Gasteiger partial charge >= 0.3 is 0 Å². The van der Waals surface area contributed by atoms with Gasteiger partial charge in [-0.05, 0) is 24.6 Å². The number of hydrogen-bond donors (Lipinski definition) is 2. The van der Waals surface area contributed by atoms with Gasteiger partial charge in [-0.3, -0.25) is 14.9 Å². The minimum absolute atomic E-state index is 0.232. The largest absolute Gasteiger partial charge is 0.503 e. The van der Waals surface area contributed by atoms with Crippen molar-refractivity contribution in [2.75, 3.05) is 18.0 Å². The molecule has 1 unspecified atom stereocenters. The lowest BCUT2D eigenvalue weighted by atomic mass is 10.0. The first-order chi connectivity index (χ1) is 13.1. The van der Waals surface area contributed by atoms with Crippen molar-refractivity contribution < 1.29 is 10.0 Å². The molecule has 0 spiro atoms. The van der Waals surface area contributed by atoms with Gasteiger partial charge in [0.2, 0.25) is 11.5 Å². The number of aromatic amines is 1. The van der Waals surface area contributed by atoms with Gasteiger partial charge in [0.25, 0.3) is 0 Å². The Balaban J connectivity index is 1.85. The Morgan fingerprint density at radius 2 is 1.89 bits per heavy atom. The summed E-state index contributed by atoms with van der Waals surface area (Å²) in [5.74, 6) is -0.344. The fourth-order valence-electron chi connectivity index (χ4n) is 3.73. The van der Waals surface area contributed by atoms with Crippen molar-refractivity contribution in [2.24, 2.45) is 0 Å². The van der Waals surface area contributed by atoms with Crippen LogP contribution in [0.15, 0.2) is 53.3 Å². The van der Waals surface area contributed by atoms with Crippen LogP contribution in [0.3, 0.4) is 0 Å². The first-order valence-corrected chi connectivity index (χ1v) is 8.88. The number of benzene rings is 2. The average Bonchev–Trinajstić information content (AvgIpc) is 2.71. The van der Waals surface area contributed by atoms with E-state index in [0.717, 1.165) is 12.1 Å². The number of nitrogens with one attached hydrogen (secondary N) is 1. The van der Waals surface area contributed by atoms with Crippen molar-refractivity contribution in [1.82, 2.24) is 4.98 Å². The van der Waals surface area contributed by atoms with Gasteiger partial charge < -0.3 is 15.0 Å². The normalized spacial score (nSPS) is 17.2. The smallest absolute Gasteiger partial charge is 0.231 e. The Morgan fingerprint density at radius 1 is 1.15 bits per heavy atom. The first-order valence-electron chi connectivity index (χ1n) is 8.88. The maximum atomic E-state index is 12.6. The molecule has 2 N–H and O–H groups in total. The molecule has 2 aromatic carbocycles. The molecule has 0 saturated carbocycles. The Hall–Kier alpha value is -3.35. The predicted molar refractivity (Wildman–Crippen MR) is 104 cm³/mol. The molecule has 1 atom stereocenters. The highest BCUT2D eigenvalue weighted by Crippen LogP contribution is 2.35. The average molecular weight is 365 g/mol. The number of fused-ring (bicyclic) bond motifs is 1. The second-order valence-electron chi connectivity index (χ2n) is 6.77. The van der Waals surface area contributed by atoms with Crippen molar-refractivity contribution in [3.05, 3.63) is 68.9 Å². The molecule has 1 aliphatic rings. The molecular weight excluding hydrogens is 346 g/mol. The topological polar surface area (TPSA) is 99.5 Å². The van der Waals surface area contributed by atoms with Crippen LogP contribution in [0.25, 0.3) is 22.2 Å². The molecule has 0 amide bonds. The maximum absolute atomic E-state index is 12.6. The fourth-order valence-corrected chi connectivity index (χ4v) is 3.73. The molecule has 7 nitrogen and oxygen atoms in total. The van der Waals surface area contributed by atoms with Crippen molar-refractivity contribution >= 4 is 16.6 Å². The molecule has 7 heteroatoms. The molecule has 2 heterocycles. The van der Waals surface area contributed by atoms with Crippen molar-refractivity contribution in [2.45, 2.75) is 18.9 Å². The van der Waals surface area contributed by atoms with Crippen LogP contribution in [-0.2, 0) is 0 Å². The number of anilines is 1. The highest BCUT2D eigenvalue weighted by Gasteiger charge is 2.29. The van der Waals surface area contributed by atoms with Gasteiger partial charge in [-0.2, -0.15) is 0 Å². The van der Waals surface area contributed by atoms with Crippen LogP contribution in [-0.4, -0.2) is 34.1 Å². The highest BCUT2D eigenvalue weighted by molar-refractivity contribution is 5.88. The van der Waals surface area contributed by atoms with Crippen LogP contribution >= 0.6 is 0 Å². The fraction of sp³-hybridized carbons (Fsp3) is 0.250. The number of para-hydroxylation sites is 2. The molecule has 1 fully saturated rings. The van der Waals surface area contributed by atoms with Gasteiger partial charge in [0.05, 0.1) is 12.2 Å². The maximum Gasteiger partial charge on any atom is 0.231 e. The monoisotopic (exact) mass is 365 g/mol. The quantitative estimate of drug-likeness (QED) is 0.549. The van der Waals surface area contributed by atoms with Gasteiger partial charge in [-0.25, -0.2) is 0 Å². The standard InChI is InChI=1S/C20H19N3O4/c24-19-14-7-1-3-9-16(14)21-18(20(19)25)15-8-2-4-10-17(15)22-11-5-6-13(12-22)23(26)27/h1-4,7-10,13,25H,5-6,11-12H2,(H,21,24). The second kappa shape index (κ2) is 6.75. The van der Waals surface area contributed by atoms with Crippen LogP contribution in [0.4, 0.5) is 5.69 Å². The zero-order valence-electron chi connectivity index (χ0n) is 14.6. The van der Waals surface area contributed by atoms with E-state index in [1.165, 1.54) is 0 Å². The zero-order chi connectivity index (χ0) is 19.0. The Labute approximate surface area is 155 Å². The number of piperidine rings is 1. The predicted octanol–water partition coefficient (Wildman–Crippen LogP) is 3.15. The Morgan fingerprint density at radius 3 is 2.70 bits per heavy atom. The van der Waals surface area contributed by atoms with E-state index in [1.54, 1.807) is 18.2 Å². The number of aromatic hydroxyl groups is 1. The molecule has 1 aromatic heterocycles. The highest BCUT2D eigenvalue weighted by atomic mass is 16.6. The number of nitrogens with zero attached hydrogens (tertiary/aromatic N) is 2. The summed E-state index contributed by atoms with van der Waals surface area (Å²) >= 11 is 0. The summed E-state index contributed by atoms with van der Waals surface area (Å²) in [6.07, 6.45) is 1.28. The third-order valence-electron chi connectivity index (χ3n) is 5.09. The lowest BCUT2D eigenvalue weighted by molar-refractivity contribution is -0.521. The van der Waals surface area contributed by atoms with Crippen LogP contribution < -0.4 is 10.3 Å². The van der Waals surface area contributed by atoms with E-state index in [0.29, 0.717) is 41.7 Å². The van der Waals surface area contributed by atoms with E-state index in [4.69, 9.17) is 0 Å². The second-order valence-corrected chi connectivity index (χ2v) is 6.77. The van der Waals surface area contributed by atoms with E-state index >= 15 is 0 Å². The lowest BCUT2D eigenvalue weighted by Gasteiger charge is -2.32. The van der Waals surface area contributed by atoms with Crippen LogP contribution in [0.5, 0.6) is 5.75 Å². The SMILES string of the molecule is O=c1c(O)c(-c2ccccc2N2CCCC([N+](=O)[O-])C2)[nH]c2ccccc12. The summed E-state index contributed by atoms with van der Waals surface area (Å²) in [6, 6.07) is 13.7. The number of rotatable bonds is 3. The molecule has 0 aliphatic carbocycles. The Kier molecular flexibility index (Phi) is 4.27. The van der Waals surface area contributed by atoms with E-state index in [2.05, 4.69) is 4.98 Å². The van der Waals surface area contributed by atoms with E-state index < -0.39 is 11.5 Å². The van der Waals surface area contributed by atoms with Crippen molar-refractivity contribution in [1.29, 1.82) is 0 Å². The third kappa shape index (κ3) is 3.01. The van der Waals surface area contributed by atoms with Crippen LogP contribution in [0.2, 0.25) is 0 Å². The minimum Gasteiger partial charge on any atom is -0.503 e. The molecule has 3 aromatic rings. The first kappa shape index (κ1) is 17.1. The van der Waals surface area contributed by atoms with Gasteiger partial charge in [-0.15, -0.1) is 0 Å². The molecule has 0 bridgehead atoms. The van der Waals surface area contributed by atoms with Gasteiger partial charge in [0.1, 0.15) is 0 Å². The molecular formula is C20H19N3O4. The molecule has 0 radical (unpaired) electrons. The van der Waals surface area contributed by atoms with Gasteiger partial charge in [-0.1, -0.05) is 30.3 Å². The molecule has 27 heavy (non-hydrogen) atoms. The molecule has 4 rings (SSSR count). The number of hydrogen-bond acceptors (Lipinski definition) is 5.